The van der Waals surface area contributed by atoms with Crippen LogP contribution in [-0.4, -0.2) is 0 Å². The Morgan fingerprint density at radius 1 is 0.786 bits per heavy atom. The van der Waals surface area contributed by atoms with Crippen molar-refractivity contribution in [2.45, 2.75) is 27.7 Å². The molecule has 0 radical (unpaired) electrons. The Morgan fingerprint density at radius 2 is 1.07 bits per heavy atom. The van der Waals surface area contributed by atoms with Gasteiger partial charge in [0, 0.05) is 0 Å². The van der Waals surface area contributed by atoms with Gasteiger partial charge in [-0.3, -0.25) is 0 Å². The molecule has 0 heterocycles. The van der Waals surface area contributed by atoms with E-state index in [2.05, 4.69) is 13.2 Å². The van der Waals surface area contributed by atoms with Gasteiger partial charge in [-0.15, -0.1) is 0 Å². The fraction of sp³-hybridized carbons (Fsp3) is 0.286. The van der Waals surface area contributed by atoms with Gasteiger partial charge in [-0.25, -0.2) is 0 Å². The van der Waals surface area contributed by atoms with E-state index in [-0.39, 0.29) is 0 Å². The van der Waals surface area contributed by atoms with Crippen LogP contribution in [0.3, 0.4) is 0 Å². The van der Waals surface area contributed by atoms with Crippen molar-refractivity contribution in [3.63, 3.8) is 0 Å². The van der Waals surface area contributed by atoms with E-state index in [1.165, 1.54) is 0 Å². The zero-order chi connectivity index (χ0) is 11.4. The first-order chi connectivity index (χ1) is 6.88. The van der Waals surface area contributed by atoms with Gasteiger partial charge < -0.3 is 0 Å². The smallest absolute Gasteiger partial charge is 0.0190 e. The molecule has 0 N–H and O–H groups in total. The zero-order valence-electron chi connectivity index (χ0n) is 9.88. The maximum atomic E-state index is 3.69. The van der Waals surface area contributed by atoms with Gasteiger partial charge in [0.2, 0.25) is 0 Å². The highest BCUT2D eigenvalue weighted by molar-refractivity contribution is 5.63. The SMILES string of the molecule is C=Cc1ccccc1C=C.CC.CC. The number of rotatable bonds is 2. The fourth-order valence-corrected chi connectivity index (χ4v) is 0.883. The summed E-state index contributed by atoms with van der Waals surface area (Å²) in [5.74, 6) is 0. The predicted octanol–water partition coefficient (Wildman–Crippen LogP) is 5.03. The second-order valence-electron chi connectivity index (χ2n) is 2.04. The summed E-state index contributed by atoms with van der Waals surface area (Å²) >= 11 is 0. The third kappa shape index (κ3) is 5.36. The molecule has 0 unspecified atom stereocenters. The summed E-state index contributed by atoms with van der Waals surface area (Å²) in [6, 6.07) is 8.02. The fourth-order valence-electron chi connectivity index (χ4n) is 0.883. The third-order valence-electron chi connectivity index (χ3n) is 1.44. The minimum atomic E-state index is 1.14. The molecule has 0 aliphatic carbocycles. The molecule has 0 nitrogen and oxygen atoms in total. The van der Waals surface area contributed by atoms with Crippen molar-refractivity contribution >= 4 is 12.2 Å². The van der Waals surface area contributed by atoms with Crippen LogP contribution in [0.4, 0.5) is 0 Å². The Morgan fingerprint density at radius 3 is 1.29 bits per heavy atom. The van der Waals surface area contributed by atoms with Crippen LogP contribution in [0.15, 0.2) is 37.4 Å². The second kappa shape index (κ2) is 11.7. The van der Waals surface area contributed by atoms with Crippen LogP contribution >= 0.6 is 0 Å². The lowest BCUT2D eigenvalue weighted by molar-refractivity contribution is 1.50. The highest BCUT2D eigenvalue weighted by Crippen LogP contribution is 2.10. The van der Waals surface area contributed by atoms with Crippen molar-refractivity contribution < 1.29 is 0 Å². The van der Waals surface area contributed by atoms with Crippen molar-refractivity contribution in [1.82, 2.24) is 0 Å². The van der Waals surface area contributed by atoms with Gasteiger partial charge in [0.15, 0.2) is 0 Å². The maximum absolute atomic E-state index is 3.69. The Kier molecular flexibility index (Phi) is 12.7. The summed E-state index contributed by atoms with van der Waals surface area (Å²) in [6.45, 7) is 15.4. The molecule has 0 amide bonds. The highest BCUT2D eigenvalue weighted by Gasteiger charge is 1.89. The van der Waals surface area contributed by atoms with Crippen LogP contribution < -0.4 is 0 Å². The molecule has 0 aliphatic rings. The molecule has 0 fully saturated rings. The molecule has 78 valence electrons. The number of hydrogen-bond acceptors (Lipinski definition) is 0. The van der Waals surface area contributed by atoms with Crippen LogP contribution in [0, 0.1) is 0 Å². The van der Waals surface area contributed by atoms with Crippen molar-refractivity contribution in [2.24, 2.45) is 0 Å². The Bertz CT molecular complexity index is 219. The van der Waals surface area contributed by atoms with Gasteiger partial charge in [-0.2, -0.15) is 0 Å². The van der Waals surface area contributed by atoms with E-state index in [4.69, 9.17) is 0 Å². The molecule has 0 atom stereocenters. The van der Waals surface area contributed by atoms with Crippen LogP contribution in [0.25, 0.3) is 12.2 Å². The van der Waals surface area contributed by atoms with Crippen molar-refractivity contribution in [2.75, 3.05) is 0 Å². The third-order valence-corrected chi connectivity index (χ3v) is 1.44. The molecule has 1 aromatic rings. The standard InChI is InChI=1S/C10H10.2C2H6/c1-3-9-7-5-6-8-10(9)4-2;2*1-2/h3-8H,1-2H2;2*1-2H3. The van der Waals surface area contributed by atoms with E-state index in [0.717, 1.165) is 11.1 Å². The van der Waals surface area contributed by atoms with E-state index in [0.29, 0.717) is 0 Å². The Hall–Kier alpha value is -1.30. The molecule has 0 saturated heterocycles. The molecule has 14 heavy (non-hydrogen) atoms. The van der Waals surface area contributed by atoms with Gasteiger partial charge in [-0.1, -0.05) is 77.3 Å². The van der Waals surface area contributed by atoms with Gasteiger partial charge in [-0.05, 0) is 11.1 Å². The van der Waals surface area contributed by atoms with Gasteiger partial charge in [0.05, 0.1) is 0 Å². The summed E-state index contributed by atoms with van der Waals surface area (Å²) in [4.78, 5) is 0. The minimum absolute atomic E-state index is 1.14. The zero-order valence-corrected chi connectivity index (χ0v) is 9.88. The first-order valence-electron chi connectivity index (χ1n) is 5.22. The average Bonchev–Trinajstić information content (AvgIpc) is 2.34. The molecule has 0 heteroatoms. The molecule has 1 aromatic carbocycles. The molecule has 0 spiro atoms. The quantitative estimate of drug-likeness (QED) is 0.614. The minimum Gasteiger partial charge on any atom is -0.0984 e. The van der Waals surface area contributed by atoms with Crippen molar-refractivity contribution in [3.8, 4) is 0 Å². The lowest BCUT2D eigenvalue weighted by Crippen LogP contribution is -1.76. The predicted molar refractivity (Wildman–Crippen MR) is 69.3 cm³/mol. The van der Waals surface area contributed by atoms with E-state index in [1.54, 1.807) is 0 Å². The largest absolute Gasteiger partial charge is 0.0984 e. The normalized spacial score (nSPS) is 7.14. The number of benzene rings is 1. The molecule has 0 bridgehead atoms. The molecule has 0 aliphatic heterocycles. The summed E-state index contributed by atoms with van der Waals surface area (Å²) in [7, 11) is 0. The van der Waals surface area contributed by atoms with E-state index >= 15 is 0 Å². The first kappa shape index (κ1) is 15.2. The summed E-state index contributed by atoms with van der Waals surface area (Å²) in [5, 5.41) is 0. The Balaban J connectivity index is 0. The van der Waals surface area contributed by atoms with E-state index in [1.807, 2.05) is 64.1 Å². The van der Waals surface area contributed by atoms with E-state index in [9.17, 15) is 0 Å². The Labute approximate surface area is 89.0 Å². The van der Waals surface area contributed by atoms with Crippen molar-refractivity contribution in [3.05, 3.63) is 48.6 Å². The van der Waals surface area contributed by atoms with Gasteiger partial charge in [0.1, 0.15) is 0 Å². The maximum Gasteiger partial charge on any atom is -0.0190 e. The van der Waals surface area contributed by atoms with Crippen molar-refractivity contribution in [1.29, 1.82) is 0 Å². The van der Waals surface area contributed by atoms with Gasteiger partial charge in [0.25, 0.3) is 0 Å². The van der Waals surface area contributed by atoms with Gasteiger partial charge >= 0.3 is 0 Å². The average molecular weight is 190 g/mol. The van der Waals surface area contributed by atoms with Crippen LogP contribution in [0.1, 0.15) is 38.8 Å². The lowest BCUT2D eigenvalue weighted by atomic mass is 10.1. The summed E-state index contributed by atoms with van der Waals surface area (Å²) in [5.41, 5.74) is 2.27. The summed E-state index contributed by atoms with van der Waals surface area (Å²) < 4.78 is 0. The van der Waals surface area contributed by atoms with Crippen LogP contribution in [-0.2, 0) is 0 Å². The van der Waals surface area contributed by atoms with Crippen LogP contribution in [0.2, 0.25) is 0 Å². The monoisotopic (exact) mass is 190 g/mol. The molecule has 0 saturated carbocycles. The molecule has 0 aromatic heterocycles. The van der Waals surface area contributed by atoms with E-state index < -0.39 is 0 Å². The summed E-state index contributed by atoms with van der Waals surface area (Å²) in [6.07, 6.45) is 3.66. The molecular formula is C14H22. The second-order valence-corrected chi connectivity index (χ2v) is 2.04. The number of hydrogen-bond donors (Lipinski definition) is 0. The first-order valence-corrected chi connectivity index (χ1v) is 5.22. The lowest BCUT2D eigenvalue weighted by Gasteiger charge is -1.96. The van der Waals surface area contributed by atoms with Crippen LogP contribution in [0.5, 0.6) is 0 Å². The molecular weight excluding hydrogens is 168 g/mol. The topological polar surface area (TPSA) is 0 Å². The molecule has 1 rings (SSSR count). The highest BCUT2D eigenvalue weighted by atomic mass is 13.9.